The van der Waals surface area contributed by atoms with Gasteiger partial charge in [0.05, 0.1) is 0 Å². The summed E-state index contributed by atoms with van der Waals surface area (Å²) in [7, 11) is 0. The van der Waals surface area contributed by atoms with Crippen LogP contribution in [-0.2, 0) is 19.3 Å². The van der Waals surface area contributed by atoms with Crippen LogP contribution in [0, 0.1) is 6.92 Å². The van der Waals surface area contributed by atoms with E-state index in [9.17, 15) is 0 Å². The van der Waals surface area contributed by atoms with Crippen molar-refractivity contribution in [3.8, 4) is 5.75 Å². The van der Waals surface area contributed by atoms with E-state index in [1.165, 1.54) is 27.8 Å². The maximum Gasteiger partial charge on any atom is 0.115 e. The summed E-state index contributed by atoms with van der Waals surface area (Å²) in [6.07, 6.45) is 2.88. The number of nitrogen functional groups attached to an aromatic ring is 2. The highest BCUT2D eigenvalue weighted by molar-refractivity contribution is 5.51. The molecule has 0 bridgehead atoms. The molecule has 0 heterocycles. The zero-order chi connectivity index (χ0) is 19.8. The van der Waals surface area contributed by atoms with Crippen LogP contribution >= 0.6 is 0 Å². The summed E-state index contributed by atoms with van der Waals surface area (Å²) >= 11 is 0. The molecule has 0 spiro atoms. The van der Waals surface area contributed by atoms with Gasteiger partial charge in [-0.05, 0) is 72.7 Å². The zero-order valence-electron chi connectivity index (χ0n) is 16.5. The van der Waals surface area contributed by atoms with Gasteiger partial charge in [-0.2, -0.15) is 0 Å². The average molecular weight is 363 g/mol. The van der Waals surface area contributed by atoms with Crippen molar-refractivity contribution in [2.45, 2.75) is 40.0 Å². The number of rotatable bonds is 4. The van der Waals surface area contributed by atoms with Crippen molar-refractivity contribution in [1.82, 2.24) is 0 Å². The van der Waals surface area contributed by atoms with E-state index in [1.807, 2.05) is 31.2 Å². The molecule has 0 saturated carbocycles. The Morgan fingerprint density at radius 1 is 0.704 bits per heavy atom. The third-order valence-electron chi connectivity index (χ3n) is 4.62. The number of hydrogen-bond donors (Lipinski definition) is 3. The number of benzene rings is 3. The van der Waals surface area contributed by atoms with Crippen molar-refractivity contribution < 1.29 is 5.11 Å². The maximum absolute atomic E-state index is 8.76. The number of nitrogens with two attached hydrogens (primary N) is 2. The molecule has 3 nitrogen and oxygen atoms in total. The molecule has 0 saturated heterocycles. The number of phenolic OH excluding ortho intramolecular Hbond substituents is 1. The summed E-state index contributed by atoms with van der Waals surface area (Å²) in [5, 5.41) is 8.76. The molecule has 0 unspecified atom stereocenters. The Morgan fingerprint density at radius 2 is 1.15 bits per heavy atom. The third-order valence-corrected chi connectivity index (χ3v) is 4.62. The van der Waals surface area contributed by atoms with Gasteiger partial charge in [0.1, 0.15) is 5.75 Å². The molecule has 142 valence electrons. The Hall–Kier alpha value is -2.94. The lowest BCUT2D eigenvalue weighted by molar-refractivity contribution is 0.475. The molecule has 0 aliphatic heterocycles. The Kier molecular flexibility index (Phi) is 7.30. The summed E-state index contributed by atoms with van der Waals surface area (Å²) in [5.41, 5.74) is 19.9. The monoisotopic (exact) mass is 362 g/mol. The fraction of sp³-hybridized carbons (Fsp3) is 0.250. The molecule has 3 aromatic rings. The molecule has 0 aromatic heterocycles. The van der Waals surface area contributed by atoms with E-state index in [0.29, 0.717) is 5.75 Å². The molecule has 0 fully saturated rings. The molecular formula is C24H30N2O. The summed E-state index contributed by atoms with van der Waals surface area (Å²) < 4.78 is 0. The van der Waals surface area contributed by atoms with Crippen LogP contribution in [0.25, 0.3) is 0 Å². The second kappa shape index (κ2) is 9.67. The summed E-state index contributed by atoms with van der Waals surface area (Å²) in [6.45, 7) is 6.25. The van der Waals surface area contributed by atoms with Gasteiger partial charge >= 0.3 is 0 Å². The number of aromatic hydroxyl groups is 1. The van der Waals surface area contributed by atoms with Gasteiger partial charge in [0.2, 0.25) is 0 Å². The molecular weight excluding hydrogens is 332 g/mol. The number of aryl methyl sites for hydroxylation is 3. The molecule has 0 atom stereocenters. The summed E-state index contributed by atoms with van der Waals surface area (Å²) in [5.74, 6) is 0.329. The van der Waals surface area contributed by atoms with Gasteiger partial charge in [-0.15, -0.1) is 0 Å². The first-order valence-electron chi connectivity index (χ1n) is 9.43. The number of phenols is 1. The minimum Gasteiger partial charge on any atom is -0.508 e. The molecule has 5 N–H and O–H groups in total. The molecule has 0 amide bonds. The van der Waals surface area contributed by atoms with Crippen LogP contribution in [-0.4, -0.2) is 5.11 Å². The molecule has 0 aliphatic rings. The molecule has 3 heteroatoms. The van der Waals surface area contributed by atoms with E-state index in [-0.39, 0.29) is 0 Å². The van der Waals surface area contributed by atoms with Crippen molar-refractivity contribution in [2.24, 2.45) is 0 Å². The van der Waals surface area contributed by atoms with Crippen molar-refractivity contribution in [3.05, 3.63) is 88.5 Å². The van der Waals surface area contributed by atoms with Crippen molar-refractivity contribution >= 4 is 11.4 Å². The standard InChI is InChI=1S/C17H22N2.C7H8O/c1-3-14-10-12(5-7-16(14)18)9-13-6-8-17(19)15(4-2)11-13;1-6-2-4-7(8)5-3-6/h5-8,10-11H,3-4,9,18-19H2,1-2H3;2-5,8H,1H3. The van der Waals surface area contributed by atoms with Crippen LogP contribution in [0.1, 0.15) is 41.7 Å². The van der Waals surface area contributed by atoms with E-state index in [1.54, 1.807) is 12.1 Å². The second-order valence-electron chi connectivity index (χ2n) is 6.79. The van der Waals surface area contributed by atoms with E-state index in [2.05, 4.69) is 38.1 Å². The quantitative estimate of drug-likeness (QED) is 0.554. The lowest BCUT2D eigenvalue weighted by atomic mass is 9.98. The van der Waals surface area contributed by atoms with Crippen molar-refractivity contribution in [1.29, 1.82) is 0 Å². The highest BCUT2D eigenvalue weighted by atomic mass is 16.3. The third kappa shape index (κ3) is 6.07. The maximum atomic E-state index is 8.76. The minimum absolute atomic E-state index is 0.329. The number of anilines is 2. The molecule has 0 radical (unpaired) electrons. The first-order valence-corrected chi connectivity index (χ1v) is 9.43. The minimum atomic E-state index is 0.329. The van der Waals surface area contributed by atoms with Gasteiger partial charge in [0, 0.05) is 11.4 Å². The largest absolute Gasteiger partial charge is 0.508 e. The normalized spacial score (nSPS) is 10.2. The van der Waals surface area contributed by atoms with Gasteiger partial charge < -0.3 is 16.6 Å². The second-order valence-corrected chi connectivity index (χ2v) is 6.79. The SMILES string of the molecule is CCc1cc(Cc2ccc(N)c(CC)c2)ccc1N.Cc1ccc(O)cc1. The van der Waals surface area contributed by atoms with E-state index in [0.717, 1.165) is 30.6 Å². The highest BCUT2D eigenvalue weighted by Gasteiger charge is 2.03. The zero-order valence-corrected chi connectivity index (χ0v) is 16.5. The van der Waals surface area contributed by atoms with E-state index in [4.69, 9.17) is 16.6 Å². The lowest BCUT2D eigenvalue weighted by Crippen LogP contribution is -1.98. The summed E-state index contributed by atoms with van der Waals surface area (Å²) in [4.78, 5) is 0. The smallest absolute Gasteiger partial charge is 0.115 e. The van der Waals surface area contributed by atoms with Gasteiger partial charge in [-0.1, -0.05) is 55.8 Å². The Labute approximate surface area is 162 Å². The Balaban J connectivity index is 0.000000273. The predicted molar refractivity (Wildman–Crippen MR) is 116 cm³/mol. The first-order chi connectivity index (χ1) is 12.9. The number of hydrogen-bond acceptors (Lipinski definition) is 3. The van der Waals surface area contributed by atoms with Gasteiger partial charge in [-0.3, -0.25) is 0 Å². The van der Waals surface area contributed by atoms with Crippen LogP contribution in [0.2, 0.25) is 0 Å². The van der Waals surface area contributed by atoms with Gasteiger partial charge in [0.15, 0.2) is 0 Å². The van der Waals surface area contributed by atoms with E-state index < -0.39 is 0 Å². The average Bonchev–Trinajstić information content (AvgIpc) is 2.67. The molecule has 27 heavy (non-hydrogen) atoms. The van der Waals surface area contributed by atoms with Crippen molar-refractivity contribution in [3.63, 3.8) is 0 Å². The molecule has 0 aliphatic carbocycles. The molecule has 3 rings (SSSR count). The topological polar surface area (TPSA) is 72.3 Å². The Bertz CT molecular complexity index is 798. The van der Waals surface area contributed by atoms with Crippen LogP contribution in [0.15, 0.2) is 60.7 Å². The fourth-order valence-electron chi connectivity index (χ4n) is 2.93. The highest BCUT2D eigenvalue weighted by Crippen LogP contribution is 2.20. The first kappa shape index (κ1) is 20.4. The lowest BCUT2D eigenvalue weighted by Gasteiger charge is -2.09. The van der Waals surface area contributed by atoms with Crippen LogP contribution in [0.4, 0.5) is 11.4 Å². The molecule has 3 aromatic carbocycles. The van der Waals surface area contributed by atoms with Crippen LogP contribution < -0.4 is 11.5 Å². The fourth-order valence-corrected chi connectivity index (χ4v) is 2.93. The van der Waals surface area contributed by atoms with Gasteiger partial charge in [0.25, 0.3) is 0 Å². The van der Waals surface area contributed by atoms with Crippen molar-refractivity contribution in [2.75, 3.05) is 11.5 Å². The van der Waals surface area contributed by atoms with Crippen LogP contribution in [0.3, 0.4) is 0 Å². The Morgan fingerprint density at radius 3 is 1.52 bits per heavy atom. The van der Waals surface area contributed by atoms with Crippen LogP contribution in [0.5, 0.6) is 5.75 Å². The summed E-state index contributed by atoms with van der Waals surface area (Å²) in [6, 6.07) is 19.7. The predicted octanol–water partition coefficient (Wildman–Crippen LogP) is 5.27. The van der Waals surface area contributed by atoms with Gasteiger partial charge in [-0.25, -0.2) is 0 Å². The van der Waals surface area contributed by atoms with E-state index >= 15 is 0 Å².